The Kier molecular flexibility index (Phi) is 5.12. The van der Waals surface area contributed by atoms with E-state index in [0.717, 1.165) is 24.0 Å². The van der Waals surface area contributed by atoms with Gasteiger partial charge in [-0.2, -0.15) is 5.26 Å². The van der Waals surface area contributed by atoms with Gasteiger partial charge in [0.2, 0.25) is 0 Å². The summed E-state index contributed by atoms with van der Waals surface area (Å²) in [7, 11) is 0. The van der Waals surface area contributed by atoms with Gasteiger partial charge >= 0.3 is 0 Å². The maximum atomic E-state index is 13.2. The zero-order chi connectivity index (χ0) is 19.9. The van der Waals surface area contributed by atoms with Gasteiger partial charge in [-0.1, -0.05) is 55.1 Å². The standard InChI is InChI=1S/C23H21Cl2NO2/c1-23(17-4-2-3-5-17)11-16-10-18(20(24)21(25)19(16)22(23)27)28-13-15-8-6-14(12-26)7-9-15/h6-10,17H,2-5,11,13H2,1H3. The lowest BCUT2D eigenvalue weighted by Crippen LogP contribution is -2.32. The highest BCUT2D eigenvalue weighted by atomic mass is 35.5. The first kappa shape index (κ1) is 19.3. The second-order valence-corrected chi connectivity index (χ2v) is 8.79. The fourth-order valence-corrected chi connectivity index (χ4v) is 5.14. The van der Waals surface area contributed by atoms with Crippen LogP contribution in [-0.2, 0) is 13.0 Å². The third kappa shape index (κ3) is 3.19. The summed E-state index contributed by atoms with van der Waals surface area (Å²) in [5, 5.41) is 9.49. The highest BCUT2D eigenvalue weighted by Crippen LogP contribution is 2.52. The summed E-state index contributed by atoms with van der Waals surface area (Å²) in [5.41, 5.74) is 2.65. The van der Waals surface area contributed by atoms with Gasteiger partial charge in [-0.3, -0.25) is 4.79 Å². The van der Waals surface area contributed by atoms with Gasteiger partial charge in [0.15, 0.2) is 5.78 Å². The van der Waals surface area contributed by atoms with Crippen LogP contribution in [-0.4, -0.2) is 5.78 Å². The summed E-state index contributed by atoms with van der Waals surface area (Å²) in [5.74, 6) is 1.03. The van der Waals surface area contributed by atoms with Gasteiger partial charge in [0.05, 0.1) is 16.7 Å². The van der Waals surface area contributed by atoms with Crippen LogP contribution in [0, 0.1) is 22.7 Å². The number of carbonyl (C=O) groups excluding carboxylic acids is 1. The summed E-state index contributed by atoms with van der Waals surface area (Å²) in [6.45, 7) is 2.39. The SMILES string of the molecule is CC1(C2CCCC2)Cc2cc(OCc3ccc(C#N)cc3)c(Cl)c(Cl)c2C1=O. The molecule has 1 saturated carbocycles. The molecule has 1 atom stereocenters. The van der Waals surface area contributed by atoms with Gasteiger partial charge in [0, 0.05) is 11.0 Å². The molecule has 0 saturated heterocycles. The summed E-state index contributed by atoms with van der Waals surface area (Å²) in [6.07, 6.45) is 5.28. The molecule has 2 aromatic rings. The minimum Gasteiger partial charge on any atom is -0.487 e. The van der Waals surface area contributed by atoms with E-state index in [1.807, 2.05) is 18.2 Å². The smallest absolute Gasteiger partial charge is 0.171 e. The van der Waals surface area contributed by atoms with Gasteiger partial charge < -0.3 is 4.74 Å². The fourth-order valence-electron chi connectivity index (χ4n) is 4.63. The fraction of sp³-hybridized carbons (Fsp3) is 0.391. The predicted octanol–water partition coefficient (Wildman–Crippen LogP) is 6.38. The van der Waals surface area contributed by atoms with E-state index in [1.54, 1.807) is 12.1 Å². The number of rotatable bonds is 4. The van der Waals surface area contributed by atoms with Crippen molar-refractivity contribution in [3.63, 3.8) is 0 Å². The van der Waals surface area contributed by atoms with E-state index in [9.17, 15) is 4.79 Å². The average molecular weight is 414 g/mol. The van der Waals surface area contributed by atoms with Crippen LogP contribution in [0.25, 0.3) is 0 Å². The zero-order valence-corrected chi connectivity index (χ0v) is 17.2. The van der Waals surface area contributed by atoms with E-state index in [-0.39, 0.29) is 10.8 Å². The number of ether oxygens (including phenoxy) is 1. The zero-order valence-electron chi connectivity index (χ0n) is 15.7. The molecule has 0 heterocycles. The molecular weight excluding hydrogens is 393 g/mol. The molecule has 2 aromatic carbocycles. The average Bonchev–Trinajstić information content (AvgIpc) is 3.32. The van der Waals surface area contributed by atoms with Crippen LogP contribution in [0.3, 0.4) is 0 Å². The van der Waals surface area contributed by atoms with Crippen molar-refractivity contribution in [2.45, 2.75) is 45.6 Å². The maximum Gasteiger partial charge on any atom is 0.171 e. The van der Waals surface area contributed by atoms with Crippen molar-refractivity contribution in [1.82, 2.24) is 0 Å². The first-order chi connectivity index (χ1) is 13.4. The predicted molar refractivity (Wildman–Crippen MR) is 110 cm³/mol. The van der Waals surface area contributed by atoms with Crippen LogP contribution in [0.4, 0.5) is 0 Å². The van der Waals surface area contributed by atoms with E-state index in [0.29, 0.717) is 40.8 Å². The van der Waals surface area contributed by atoms with E-state index in [4.69, 9.17) is 33.2 Å². The van der Waals surface area contributed by atoms with Crippen molar-refractivity contribution in [1.29, 1.82) is 5.26 Å². The van der Waals surface area contributed by atoms with Gasteiger partial charge in [0.25, 0.3) is 0 Å². The van der Waals surface area contributed by atoms with Gasteiger partial charge in [0.1, 0.15) is 17.4 Å². The molecule has 0 spiro atoms. The molecular formula is C23H21Cl2NO2. The third-order valence-electron chi connectivity index (χ3n) is 6.29. The number of Topliss-reactive ketones (excluding diaryl/α,β-unsaturated/α-hetero) is 1. The Morgan fingerprint density at radius 3 is 2.50 bits per heavy atom. The van der Waals surface area contributed by atoms with Gasteiger partial charge in [-0.15, -0.1) is 0 Å². The van der Waals surface area contributed by atoms with Crippen molar-refractivity contribution < 1.29 is 9.53 Å². The minimum absolute atomic E-state index is 0.125. The second kappa shape index (κ2) is 7.43. The Labute approximate surface area is 175 Å². The number of hydrogen-bond acceptors (Lipinski definition) is 3. The number of carbonyl (C=O) groups is 1. The lowest BCUT2D eigenvalue weighted by molar-refractivity contribution is 0.0744. The molecule has 1 unspecified atom stereocenters. The molecule has 3 nitrogen and oxygen atoms in total. The number of nitrogens with zero attached hydrogens (tertiary/aromatic N) is 1. The summed E-state index contributed by atoms with van der Waals surface area (Å²) in [6, 6.07) is 11.2. The van der Waals surface area contributed by atoms with Crippen molar-refractivity contribution in [3.8, 4) is 11.8 Å². The normalized spacial score (nSPS) is 21.6. The Balaban J connectivity index is 1.59. The molecule has 4 rings (SSSR count). The molecule has 1 fully saturated rings. The number of nitriles is 1. The Hall–Kier alpha value is -2.02. The third-order valence-corrected chi connectivity index (χ3v) is 7.14. The molecule has 0 N–H and O–H groups in total. The Morgan fingerprint density at radius 1 is 1.18 bits per heavy atom. The molecule has 5 heteroatoms. The van der Waals surface area contributed by atoms with Crippen LogP contribution in [0.1, 0.15) is 59.7 Å². The van der Waals surface area contributed by atoms with Gasteiger partial charge in [-0.25, -0.2) is 0 Å². The van der Waals surface area contributed by atoms with Crippen LogP contribution in [0.2, 0.25) is 10.0 Å². The number of hydrogen-bond donors (Lipinski definition) is 0. The molecule has 144 valence electrons. The largest absolute Gasteiger partial charge is 0.487 e. The number of ketones is 1. The number of halogens is 2. The molecule has 0 amide bonds. The molecule has 2 aliphatic carbocycles. The molecule has 28 heavy (non-hydrogen) atoms. The number of fused-ring (bicyclic) bond motifs is 1. The van der Waals surface area contributed by atoms with E-state index in [1.165, 1.54) is 12.8 Å². The monoisotopic (exact) mass is 413 g/mol. The summed E-state index contributed by atoms with van der Waals surface area (Å²) in [4.78, 5) is 13.2. The Bertz CT molecular complexity index is 972. The summed E-state index contributed by atoms with van der Waals surface area (Å²) >= 11 is 13.0. The topological polar surface area (TPSA) is 50.1 Å². The van der Waals surface area contributed by atoms with E-state index in [2.05, 4.69) is 13.0 Å². The first-order valence-electron chi connectivity index (χ1n) is 9.61. The van der Waals surface area contributed by atoms with Crippen molar-refractivity contribution >= 4 is 29.0 Å². The van der Waals surface area contributed by atoms with Crippen molar-refractivity contribution in [3.05, 3.63) is 62.6 Å². The van der Waals surface area contributed by atoms with E-state index >= 15 is 0 Å². The van der Waals surface area contributed by atoms with Crippen molar-refractivity contribution in [2.75, 3.05) is 0 Å². The maximum absolute atomic E-state index is 13.2. The van der Waals surface area contributed by atoms with Crippen LogP contribution < -0.4 is 4.74 Å². The van der Waals surface area contributed by atoms with Gasteiger partial charge in [-0.05, 0) is 54.5 Å². The van der Waals surface area contributed by atoms with E-state index < -0.39 is 5.41 Å². The Morgan fingerprint density at radius 2 is 1.86 bits per heavy atom. The molecule has 2 aliphatic rings. The molecule has 0 aliphatic heterocycles. The quantitative estimate of drug-likeness (QED) is 0.583. The molecule has 0 radical (unpaired) electrons. The lowest BCUT2D eigenvalue weighted by atomic mass is 9.73. The molecule has 0 bridgehead atoms. The molecule has 0 aromatic heterocycles. The summed E-state index contributed by atoms with van der Waals surface area (Å²) < 4.78 is 5.92. The van der Waals surface area contributed by atoms with Crippen LogP contribution >= 0.6 is 23.2 Å². The second-order valence-electron chi connectivity index (χ2n) is 8.04. The van der Waals surface area contributed by atoms with Crippen LogP contribution in [0.5, 0.6) is 5.75 Å². The van der Waals surface area contributed by atoms with Crippen molar-refractivity contribution in [2.24, 2.45) is 11.3 Å². The highest BCUT2D eigenvalue weighted by Gasteiger charge is 2.49. The lowest BCUT2D eigenvalue weighted by Gasteiger charge is -2.29. The van der Waals surface area contributed by atoms with Crippen LogP contribution in [0.15, 0.2) is 30.3 Å². The highest BCUT2D eigenvalue weighted by molar-refractivity contribution is 6.45. The minimum atomic E-state index is -0.391. The number of benzene rings is 2. The first-order valence-corrected chi connectivity index (χ1v) is 10.4.